The standard InChI is InChI=1S/C8H17N3O2S/c1-5-8(4,6-9)11-14(12,13)10-7(2)3/h7,10-11H,5H2,1-4H3. The van der Waals surface area contributed by atoms with Crippen LogP contribution in [0.2, 0.25) is 0 Å². The van der Waals surface area contributed by atoms with E-state index in [2.05, 4.69) is 9.44 Å². The van der Waals surface area contributed by atoms with Crippen molar-refractivity contribution < 1.29 is 8.42 Å². The molecule has 0 bridgehead atoms. The minimum atomic E-state index is -3.59. The summed E-state index contributed by atoms with van der Waals surface area (Å²) in [5.41, 5.74) is -1.04. The predicted molar refractivity (Wildman–Crippen MR) is 54.6 cm³/mol. The molecule has 1 atom stereocenters. The van der Waals surface area contributed by atoms with Crippen molar-refractivity contribution >= 4 is 10.2 Å². The van der Waals surface area contributed by atoms with Gasteiger partial charge in [-0.25, -0.2) is 0 Å². The third-order valence-corrected chi connectivity index (χ3v) is 3.21. The van der Waals surface area contributed by atoms with Crippen LogP contribution in [0.1, 0.15) is 34.1 Å². The van der Waals surface area contributed by atoms with E-state index in [1.54, 1.807) is 27.7 Å². The molecule has 0 saturated heterocycles. The highest BCUT2D eigenvalue weighted by Gasteiger charge is 2.27. The minimum Gasteiger partial charge on any atom is -0.200 e. The molecule has 0 fully saturated rings. The van der Waals surface area contributed by atoms with Crippen LogP contribution in [0.4, 0.5) is 0 Å². The van der Waals surface area contributed by atoms with Gasteiger partial charge in [0.1, 0.15) is 5.54 Å². The van der Waals surface area contributed by atoms with Crippen molar-refractivity contribution in [3.05, 3.63) is 0 Å². The molecule has 0 aromatic rings. The molecule has 0 heterocycles. The molecule has 0 aromatic carbocycles. The summed E-state index contributed by atoms with van der Waals surface area (Å²) < 4.78 is 27.5. The highest BCUT2D eigenvalue weighted by atomic mass is 32.2. The van der Waals surface area contributed by atoms with Crippen molar-refractivity contribution in [1.82, 2.24) is 9.44 Å². The molecule has 82 valence electrons. The molecule has 1 unspecified atom stereocenters. The lowest BCUT2D eigenvalue weighted by molar-refractivity contribution is 0.483. The first kappa shape index (κ1) is 13.4. The SMILES string of the molecule is CCC(C)(C#N)NS(=O)(=O)NC(C)C. The van der Waals surface area contributed by atoms with Gasteiger partial charge in [-0.3, -0.25) is 0 Å². The molecule has 0 saturated carbocycles. The molecule has 0 aromatic heterocycles. The van der Waals surface area contributed by atoms with Crippen LogP contribution in [0.5, 0.6) is 0 Å². The van der Waals surface area contributed by atoms with E-state index in [9.17, 15) is 8.42 Å². The number of nitrogens with one attached hydrogen (secondary N) is 2. The summed E-state index contributed by atoms with van der Waals surface area (Å²) in [7, 11) is -3.59. The van der Waals surface area contributed by atoms with Gasteiger partial charge in [-0.2, -0.15) is 23.1 Å². The van der Waals surface area contributed by atoms with E-state index in [1.165, 1.54) is 0 Å². The van der Waals surface area contributed by atoms with E-state index in [0.29, 0.717) is 6.42 Å². The molecule has 0 radical (unpaired) electrons. The van der Waals surface area contributed by atoms with Gasteiger partial charge in [0.05, 0.1) is 6.07 Å². The lowest BCUT2D eigenvalue weighted by atomic mass is 10.0. The molecular weight excluding hydrogens is 202 g/mol. The Kier molecular flexibility index (Phi) is 4.52. The monoisotopic (exact) mass is 219 g/mol. The Bertz CT molecular complexity index is 318. The van der Waals surface area contributed by atoms with Crippen molar-refractivity contribution in [2.45, 2.75) is 45.7 Å². The fraction of sp³-hybridized carbons (Fsp3) is 0.875. The van der Waals surface area contributed by atoms with Gasteiger partial charge in [0.2, 0.25) is 0 Å². The number of nitrogens with zero attached hydrogens (tertiary/aromatic N) is 1. The zero-order chi connectivity index (χ0) is 11.4. The topological polar surface area (TPSA) is 82.0 Å². The van der Waals surface area contributed by atoms with Crippen molar-refractivity contribution in [2.24, 2.45) is 0 Å². The fourth-order valence-electron chi connectivity index (χ4n) is 0.810. The van der Waals surface area contributed by atoms with Gasteiger partial charge in [0.25, 0.3) is 10.2 Å². The van der Waals surface area contributed by atoms with Gasteiger partial charge in [-0.1, -0.05) is 6.92 Å². The van der Waals surface area contributed by atoms with E-state index in [-0.39, 0.29) is 6.04 Å². The maximum absolute atomic E-state index is 11.4. The molecule has 0 aliphatic carbocycles. The smallest absolute Gasteiger partial charge is 0.200 e. The van der Waals surface area contributed by atoms with Crippen LogP contribution in [-0.4, -0.2) is 20.0 Å². The normalized spacial score (nSPS) is 16.3. The van der Waals surface area contributed by atoms with Crippen molar-refractivity contribution in [3.63, 3.8) is 0 Å². The van der Waals surface area contributed by atoms with Crippen LogP contribution < -0.4 is 9.44 Å². The maximum Gasteiger partial charge on any atom is 0.278 e. The number of hydrogen-bond acceptors (Lipinski definition) is 3. The van der Waals surface area contributed by atoms with Crippen LogP contribution in [0.3, 0.4) is 0 Å². The van der Waals surface area contributed by atoms with Gasteiger partial charge in [0, 0.05) is 6.04 Å². The first-order valence-electron chi connectivity index (χ1n) is 4.47. The molecule has 14 heavy (non-hydrogen) atoms. The molecule has 2 N–H and O–H groups in total. The Morgan fingerprint density at radius 3 is 2.29 bits per heavy atom. The van der Waals surface area contributed by atoms with Gasteiger partial charge in [-0.05, 0) is 27.2 Å². The Labute approximate surface area is 85.7 Å². The second-order valence-corrected chi connectivity index (χ2v) is 5.12. The molecule has 6 heteroatoms. The Morgan fingerprint density at radius 1 is 1.50 bits per heavy atom. The third kappa shape index (κ3) is 4.56. The lowest BCUT2D eigenvalue weighted by Gasteiger charge is -2.22. The largest absolute Gasteiger partial charge is 0.278 e. The Hall–Kier alpha value is -0.640. The average molecular weight is 219 g/mol. The minimum absolute atomic E-state index is 0.188. The predicted octanol–water partition coefficient (Wildman–Crippen LogP) is 0.511. The molecule has 0 amide bonds. The second-order valence-electron chi connectivity index (χ2n) is 3.68. The number of rotatable bonds is 5. The quantitative estimate of drug-likeness (QED) is 0.707. The molecule has 0 aliphatic rings. The van der Waals surface area contributed by atoms with Crippen molar-refractivity contribution in [2.75, 3.05) is 0 Å². The zero-order valence-corrected chi connectivity index (χ0v) is 9.77. The number of hydrogen-bond donors (Lipinski definition) is 2. The first-order valence-corrected chi connectivity index (χ1v) is 5.95. The van der Waals surface area contributed by atoms with E-state index in [1.807, 2.05) is 6.07 Å². The summed E-state index contributed by atoms with van der Waals surface area (Å²) in [6, 6.07) is 1.74. The van der Waals surface area contributed by atoms with Crippen molar-refractivity contribution in [1.29, 1.82) is 5.26 Å². The highest BCUT2D eigenvalue weighted by molar-refractivity contribution is 7.87. The van der Waals surface area contributed by atoms with Crippen LogP contribution in [0.25, 0.3) is 0 Å². The summed E-state index contributed by atoms with van der Waals surface area (Å²) >= 11 is 0. The highest BCUT2D eigenvalue weighted by Crippen LogP contribution is 2.08. The molecule has 0 rings (SSSR count). The van der Waals surface area contributed by atoms with E-state index < -0.39 is 15.7 Å². The maximum atomic E-state index is 11.4. The summed E-state index contributed by atoms with van der Waals surface area (Å²) in [6.07, 6.45) is 0.419. The van der Waals surface area contributed by atoms with Crippen LogP contribution in [-0.2, 0) is 10.2 Å². The van der Waals surface area contributed by atoms with Crippen LogP contribution in [0, 0.1) is 11.3 Å². The molecule has 0 aliphatic heterocycles. The van der Waals surface area contributed by atoms with Gasteiger partial charge in [-0.15, -0.1) is 0 Å². The number of nitriles is 1. The lowest BCUT2D eigenvalue weighted by Crippen LogP contribution is -2.50. The average Bonchev–Trinajstić information content (AvgIpc) is 2.01. The van der Waals surface area contributed by atoms with Gasteiger partial charge < -0.3 is 0 Å². The van der Waals surface area contributed by atoms with Crippen molar-refractivity contribution in [3.8, 4) is 6.07 Å². The third-order valence-electron chi connectivity index (χ3n) is 1.70. The molecule has 5 nitrogen and oxygen atoms in total. The van der Waals surface area contributed by atoms with E-state index >= 15 is 0 Å². The van der Waals surface area contributed by atoms with E-state index in [0.717, 1.165) is 0 Å². The summed E-state index contributed by atoms with van der Waals surface area (Å²) in [4.78, 5) is 0. The summed E-state index contributed by atoms with van der Waals surface area (Å²) in [6.45, 7) is 6.73. The molecular formula is C8H17N3O2S. The second kappa shape index (κ2) is 4.73. The van der Waals surface area contributed by atoms with E-state index in [4.69, 9.17) is 5.26 Å². The molecule has 0 spiro atoms. The Balaban J connectivity index is 4.60. The van der Waals surface area contributed by atoms with Gasteiger partial charge in [0.15, 0.2) is 0 Å². The fourth-order valence-corrected chi connectivity index (χ4v) is 2.27. The Morgan fingerprint density at radius 2 is 2.00 bits per heavy atom. The summed E-state index contributed by atoms with van der Waals surface area (Å²) in [5, 5.41) is 8.78. The van der Waals surface area contributed by atoms with Gasteiger partial charge >= 0.3 is 0 Å². The van der Waals surface area contributed by atoms with Crippen LogP contribution >= 0.6 is 0 Å². The van der Waals surface area contributed by atoms with Crippen LogP contribution in [0.15, 0.2) is 0 Å². The zero-order valence-electron chi connectivity index (χ0n) is 8.96. The first-order chi connectivity index (χ1) is 6.24. The summed E-state index contributed by atoms with van der Waals surface area (Å²) in [5.74, 6) is 0.